The first-order valence-corrected chi connectivity index (χ1v) is 3.15. The van der Waals surface area contributed by atoms with Crippen molar-refractivity contribution in [2.45, 2.75) is 37.9 Å². The highest BCUT2D eigenvalue weighted by molar-refractivity contribution is 6.11. The fraction of sp³-hybridized carbons (Fsp3) is 1.00. The van der Waals surface area contributed by atoms with Crippen LogP contribution in [0.2, 0.25) is 5.82 Å². The van der Waals surface area contributed by atoms with Gasteiger partial charge in [0.25, 0.3) is 0 Å². The summed E-state index contributed by atoms with van der Waals surface area (Å²) in [7, 11) is 5.63. The fourth-order valence-electron chi connectivity index (χ4n) is 1.13. The summed E-state index contributed by atoms with van der Waals surface area (Å²) >= 11 is 0. The van der Waals surface area contributed by atoms with E-state index >= 15 is 0 Å². The third kappa shape index (κ3) is 2.56. The van der Waals surface area contributed by atoms with Crippen molar-refractivity contribution >= 4 is 18.8 Å². The van der Waals surface area contributed by atoms with Crippen LogP contribution < -0.4 is 0 Å². The highest BCUT2D eigenvalue weighted by Crippen LogP contribution is 2.24. The summed E-state index contributed by atoms with van der Waals surface area (Å²) in [5.74, 6) is 0.536. The number of rotatable bonds is 0. The molecule has 0 bridgehead atoms. The Hall–Kier alpha value is 0.282. The summed E-state index contributed by atoms with van der Waals surface area (Å²) in [4.78, 5) is 0. The molecule has 0 spiro atoms. The second kappa shape index (κ2) is 4.19. The quantitative estimate of drug-likeness (QED) is 0.413. The van der Waals surface area contributed by atoms with E-state index in [9.17, 15) is 0 Å². The van der Waals surface area contributed by atoms with Crippen LogP contribution in [0.15, 0.2) is 0 Å². The molecule has 0 N–H and O–H groups in total. The van der Waals surface area contributed by atoms with Crippen LogP contribution in [0.4, 0.5) is 0 Å². The lowest BCUT2D eigenvalue weighted by Crippen LogP contribution is -1.98. The second-order valence-electron chi connectivity index (χ2n) is 2.40. The Labute approximate surface area is 57.5 Å². The van der Waals surface area contributed by atoms with E-state index in [1.54, 1.807) is 0 Å². The molecule has 0 nitrogen and oxygen atoms in total. The van der Waals surface area contributed by atoms with Gasteiger partial charge in [-0.05, 0) is 11.0 Å². The van der Waals surface area contributed by atoms with Crippen LogP contribution in [0.5, 0.6) is 0 Å². The van der Waals surface area contributed by atoms with Crippen LogP contribution in [0.3, 0.4) is 0 Å². The first kappa shape index (κ1) is 8.28. The highest BCUT2D eigenvalue weighted by atomic mass is 28.1. The van der Waals surface area contributed by atoms with Gasteiger partial charge < -0.3 is 0 Å². The van der Waals surface area contributed by atoms with E-state index in [0.717, 1.165) is 0 Å². The minimum Gasteiger partial charge on any atom is -0.0774 e. The maximum Gasteiger partial charge on any atom is 0.0699 e. The zero-order chi connectivity index (χ0) is 5.11. The van der Waals surface area contributed by atoms with Crippen LogP contribution in [-0.4, -0.2) is 18.8 Å². The van der Waals surface area contributed by atoms with Crippen molar-refractivity contribution in [2.24, 2.45) is 0 Å². The molecule has 0 atom stereocenters. The molecule has 0 saturated heterocycles. The molecule has 1 saturated carbocycles. The van der Waals surface area contributed by atoms with Gasteiger partial charge >= 0.3 is 0 Å². The van der Waals surface area contributed by atoms with Crippen LogP contribution in [0.1, 0.15) is 32.1 Å². The van der Waals surface area contributed by atoms with Crippen molar-refractivity contribution in [3.05, 3.63) is 0 Å². The van der Waals surface area contributed by atoms with Crippen LogP contribution in [0.25, 0.3) is 0 Å². The fourth-order valence-corrected chi connectivity index (χ4v) is 1.13. The van der Waals surface area contributed by atoms with E-state index in [2.05, 4.69) is 0 Å². The van der Waals surface area contributed by atoms with Crippen molar-refractivity contribution < 1.29 is 0 Å². The van der Waals surface area contributed by atoms with E-state index in [4.69, 9.17) is 7.85 Å². The van der Waals surface area contributed by atoms with Gasteiger partial charge in [0.15, 0.2) is 0 Å². The summed E-state index contributed by atoms with van der Waals surface area (Å²) in [5.41, 5.74) is 0. The van der Waals surface area contributed by atoms with Crippen LogP contribution >= 0.6 is 0 Å². The largest absolute Gasteiger partial charge is 0.0774 e. The van der Waals surface area contributed by atoms with Gasteiger partial charge in [0, 0.05) is 0 Å². The maximum absolute atomic E-state index is 5.63. The molecule has 0 heterocycles. The molecule has 0 aliphatic heterocycles. The Morgan fingerprint density at radius 1 is 1.00 bits per heavy atom. The summed E-state index contributed by atoms with van der Waals surface area (Å²) in [5, 5.41) is 0. The Morgan fingerprint density at radius 3 is 1.75 bits per heavy atom. The number of hydrogen-bond donors (Lipinski definition) is 0. The molecule has 2 heteroatoms. The monoisotopic (exact) mass is 126 g/mol. The zero-order valence-electron chi connectivity index (χ0n) is 4.69. The minimum absolute atomic E-state index is 0. The molecule has 0 aromatic rings. The van der Waals surface area contributed by atoms with Crippen molar-refractivity contribution in [3.8, 4) is 0 Å². The predicted molar refractivity (Wildman–Crippen MR) is 43.9 cm³/mol. The normalized spacial score (nSPS) is 22.0. The summed E-state index contributed by atoms with van der Waals surface area (Å²) in [6.07, 6.45) is 6.66. The van der Waals surface area contributed by atoms with E-state index in [1.807, 2.05) is 0 Å². The average Bonchev–Trinajstić information content (AvgIpc) is 1.69. The van der Waals surface area contributed by atoms with Crippen molar-refractivity contribution in [3.63, 3.8) is 0 Å². The molecule has 0 aromatic carbocycles. The molecule has 1 aliphatic rings. The van der Waals surface area contributed by atoms with Gasteiger partial charge in [-0.25, -0.2) is 0 Å². The standard InChI is InChI=1S/C6H11B.H4Si/c7-6-4-2-1-3-5-6;/h6H,1-5H2;1H4. The van der Waals surface area contributed by atoms with Gasteiger partial charge in [0.2, 0.25) is 0 Å². The first-order chi connectivity index (χ1) is 3.39. The second-order valence-corrected chi connectivity index (χ2v) is 2.40. The zero-order valence-corrected chi connectivity index (χ0v) is 4.69. The van der Waals surface area contributed by atoms with E-state index in [-0.39, 0.29) is 11.0 Å². The Morgan fingerprint density at radius 2 is 1.50 bits per heavy atom. The molecule has 46 valence electrons. The predicted octanol–water partition coefficient (Wildman–Crippen LogP) is 0.456. The molecule has 0 amide bonds. The van der Waals surface area contributed by atoms with Gasteiger partial charge in [-0.1, -0.05) is 37.9 Å². The van der Waals surface area contributed by atoms with E-state index in [1.165, 1.54) is 32.1 Å². The SMILES string of the molecule is [B]C1CCCCC1.[SiH4]. The lowest BCUT2D eigenvalue weighted by molar-refractivity contribution is 0.504. The maximum atomic E-state index is 5.63. The van der Waals surface area contributed by atoms with Gasteiger partial charge in [-0.15, -0.1) is 0 Å². The van der Waals surface area contributed by atoms with E-state index < -0.39 is 0 Å². The Bertz CT molecular complexity index is 50.5. The molecular weight excluding hydrogens is 111 g/mol. The Balaban J connectivity index is 0.000000490. The summed E-state index contributed by atoms with van der Waals surface area (Å²) in [6, 6.07) is 0. The molecule has 0 aromatic heterocycles. The van der Waals surface area contributed by atoms with Crippen molar-refractivity contribution in [2.75, 3.05) is 0 Å². The molecule has 2 radical (unpaired) electrons. The summed E-state index contributed by atoms with van der Waals surface area (Å²) < 4.78 is 0. The van der Waals surface area contributed by atoms with E-state index in [0.29, 0.717) is 5.82 Å². The molecule has 0 unspecified atom stereocenters. The van der Waals surface area contributed by atoms with Gasteiger partial charge in [0.05, 0.1) is 7.85 Å². The van der Waals surface area contributed by atoms with Crippen LogP contribution in [-0.2, 0) is 0 Å². The summed E-state index contributed by atoms with van der Waals surface area (Å²) in [6.45, 7) is 0. The van der Waals surface area contributed by atoms with Crippen LogP contribution in [0, 0.1) is 0 Å². The topological polar surface area (TPSA) is 0 Å². The third-order valence-electron chi connectivity index (χ3n) is 1.65. The van der Waals surface area contributed by atoms with Gasteiger partial charge in [-0.3, -0.25) is 0 Å². The Kier molecular flexibility index (Phi) is 4.34. The van der Waals surface area contributed by atoms with Gasteiger partial charge in [-0.2, -0.15) is 0 Å². The molecule has 1 aliphatic carbocycles. The van der Waals surface area contributed by atoms with Crippen molar-refractivity contribution in [1.29, 1.82) is 0 Å². The smallest absolute Gasteiger partial charge is 0.0699 e. The molecular formula is C6H15BSi. The molecule has 8 heavy (non-hydrogen) atoms. The van der Waals surface area contributed by atoms with Crippen molar-refractivity contribution in [1.82, 2.24) is 0 Å². The third-order valence-corrected chi connectivity index (χ3v) is 1.65. The minimum atomic E-state index is 0. The average molecular weight is 126 g/mol. The van der Waals surface area contributed by atoms with Gasteiger partial charge in [0.1, 0.15) is 0 Å². The number of hydrogen-bond acceptors (Lipinski definition) is 0. The lowest BCUT2D eigenvalue weighted by Gasteiger charge is -2.15. The molecule has 1 rings (SSSR count). The lowest BCUT2D eigenvalue weighted by atomic mass is 9.76. The first-order valence-electron chi connectivity index (χ1n) is 3.15. The highest BCUT2D eigenvalue weighted by Gasteiger charge is 2.05. The molecule has 1 fully saturated rings.